The van der Waals surface area contributed by atoms with E-state index >= 15 is 0 Å². The van der Waals surface area contributed by atoms with Crippen molar-refractivity contribution in [3.63, 3.8) is 0 Å². The number of nitrogens with one attached hydrogen (secondary N) is 1. The van der Waals surface area contributed by atoms with Crippen molar-refractivity contribution in [2.75, 3.05) is 6.54 Å². The first-order valence-corrected chi connectivity index (χ1v) is 5.30. The molecule has 3 nitrogen and oxygen atoms in total. The number of hydrogen-bond donors (Lipinski definition) is 2. The van der Waals surface area contributed by atoms with Crippen LogP contribution in [0, 0.1) is 5.92 Å². The fourth-order valence-corrected chi connectivity index (χ4v) is 2.60. The first-order valence-electron chi connectivity index (χ1n) is 5.30. The zero-order chi connectivity index (χ0) is 9.26. The van der Waals surface area contributed by atoms with Crippen LogP contribution in [0.4, 0.5) is 0 Å². The summed E-state index contributed by atoms with van der Waals surface area (Å²) in [5.74, 6) is 1.96. The standard InChI is InChI=1S/C10H19N3/c1-7-12-9-3-2-8(4-5-11)6-10(9)13-7/h8-10H,2-6,11H2,1H3,(H,12,13). The van der Waals surface area contributed by atoms with E-state index in [0.29, 0.717) is 12.1 Å². The molecule has 0 bridgehead atoms. The minimum absolute atomic E-state index is 0.564. The summed E-state index contributed by atoms with van der Waals surface area (Å²) in [6.45, 7) is 2.90. The van der Waals surface area contributed by atoms with Gasteiger partial charge in [0.15, 0.2) is 0 Å². The second-order valence-corrected chi connectivity index (χ2v) is 4.29. The van der Waals surface area contributed by atoms with E-state index < -0.39 is 0 Å². The van der Waals surface area contributed by atoms with Crippen molar-refractivity contribution in [2.45, 2.75) is 44.7 Å². The van der Waals surface area contributed by atoms with Crippen LogP contribution in [-0.4, -0.2) is 24.5 Å². The van der Waals surface area contributed by atoms with Gasteiger partial charge in [-0.1, -0.05) is 0 Å². The number of aliphatic imine (C=N–C) groups is 1. The van der Waals surface area contributed by atoms with Gasteiger partial charge in [0.2, 0.25) is 0 Å². The Morgan fingerprint density at radius 3 is 3.15 bits per heavy atom. The molecule has 0 aromatic carbocycles. The molecule has 13 heavy (non-hydrogen) atoms. The minimum atomic E-state index is 0.564. The Labute approximate surface area is 79.8 Å². The molecule has 0 aromatic heterocycles. The lowest BCUT2D eigenvalue weighted by Crippen LogP contribution is -2.39. The van der Waals surface area contributed by atoms with Crippen molar-refractivity contribution >= 4 is 5.84 Å². The van der Waals surface area contributed by atoms with Crippen molar-refractivity contribution in [3.05, 3.63) is 0 Å². The number of rotatable bonds is 2. The van der Waals surface area contributed by atoms with Crippen molar-refractivity contribution < 1.29 is 0 Å². The second-order valence-electron chi connectivity index (χ2n) is 4.29. The molecule has 74 valence electrons. The molecule has 0 amide bonds. The lowest BCUT2D eigenvalue weighted by Gasteiger charge is -2.30. The highest BCUT2D eigenvalue weighted by Gasteiger charge is 2.33. The Morgan fingerprint density at radius 2 is 2.38 bits per heavy atom. The Balaban J connectivity index is 1.89. The molecule has 1 heterocycles. The topological polar surface area (TPSA) is 50.4 Å². The third kappa shape index (κ3) is 1.85. The quantitative estimate of drug-likeness (QED) is 0.665. The molecule has 3 atom stereocenters. The van der Waals surface area contributed by atoms with Gasteiger partial charge in [-0.25, -0.2) is 0 Å². The molecule has 0 aromatic rings. The first kappa shape index (κ1) is 9.00. The summed E-state index contributed by atoms with van der Waals surface area (Å²) < 4.78 is 0. The van der Waals surface area contributed by atoms with Gasteiger partial charge in [-0.3, -0.25) is 4.99 Å². The van der Waals surface area contributed by atoms with Crippen LogP contribution >= 0.6 is 0 Å². The molecule has 0 radical (unpaired) electrons. The Morgan fingerprint density at radius 1 is 1.54 bits per heavy atom. The van der Waals surface area contributed by atoms with E-state index in [9.17, 15) is 0 Å². The highest BCUT2D eigenvalue weighted by Crippen LogP contribution is 2.30. The molecule has 1 fully saturated rings. The summed E-state index contributed by atoms with van der Waals surface area (Å²) in [6, 6.07) is 1.18. The van der Waals surface area contributed by atoms with Crippen LogP contribution in [0.5, 0.6) is 0 Å². The Bertz CT molecular complexity index is 212. The number of fused-ring (bicyclic) bond motifs is 1. The van der Waals surface area contributed by atoms with Crippen LogP contribution in [0.15, 0.2) is 4.99 Å². The highest BCUT2D eigenvalue weighted by molar-refractivity contribution is 5.81. The maximum absolute atomic E-state index is 5.57. The molecule has 2 aliphatic rings. The summed E-state index contributed by atoms with van der Waals surface area (Å²) >= 11 is 0. The molecular formula is C10H19N3. The SMILES string of the molecule is CC1=NC2CCC(CCN)CC2N1. The van der Waals surface area contributed by atoms with E-state index in [1.807, 2.05) is 0 Å². The van der Waals surface area contributed by atoms with Crippen LogP contribution in [0.25, 0.3) is 0 Å². The van der Waals surface area contributed by atoms with E-state index in [0.717, 1.165) is 18.3 Å². The summed E-state index contributed by atoms with van der Waals surface area (Å²) in [6.07, 6.45) is 5.02. The fourth-order valence-electron chi connectivity index (χ4n) is 2.60. The molecule has 1 saturated carbocycles. The van der Waals surface area contributed by atoms with Gasteiger partial charge in [0.1, 0.15) is 0 Å². The number of hydrogen-bond acceptors (Lipinski definition) is 3. The average Bonchev–Trinajstić information content (AvgIpc) is 2.44. The van der Waals surface area contributed by atoms with Crippen molar-refractivity contribution in [1.82, 2.24) is 5.32 Å². The largest absolute Gasteiger partial charge is 0.369 e. The van der Waals surface area contributed by atoms with Gasteiger partial charge < -0.3 is 11.1 Å². The normalized spacial score (nSPS) is 38.0. The molecule has 1 aliphatic heterocycles. The van der Waals surface area contributed by atoms with Gasteiger partial charge in [-0.05, 0) is 45.1 Å². The van der Waals surface area contributed by atoms with Crippen molar-refractivity contribution in [2.24, 2.45) is 16.6 Å². The van der Waals surface area contributed by atoms with Crippen LogP contribution in [0.1, 0.15) is 32.6 Å². The van der Waals surface area contributed by atoms with Gasteiger partial charge in [-0.15, -0.1) is 0 Å². The maximum atomic E-state index is 5.57. The summed E-state index contributed by atoms with van der Waals surface area (Å²) in [5.41, 5.74) is 5.57. The van der Waals surface area contributed by atoms with Crippen molar-refractivity contribution in [3.8, 4) is 0 Å². The predicted octanol–water partition coefficient (Wildman–Crippen LogP) is 0.894. The third-order valence-corrected chi connectivity index (χ3v) is 3.25. The Hall–Kier alpha value is -0.570. The molecule has 0 spiro atoms. The van der Waals surface area contributed by atoms with Gasteiger partial charge in [0, 0.05) is 6.04 Å². The fraction of sp³-hybridized carbons (Fsp3) is 0.900. The van der Waals surface area contributed by atoms with Crippen LogP contribution in [-0.2, 0) is 0 Å². The predicted molar refractivity (Wildman–Crippen MR) is 54.8 cm³/mol. The zero-order valence-corrected chi connectivity index (χ0v) is 8.29. The van der Waals surface area contributed by atoms with Crippen LogP contribution < -0.4 is 11.1 Å². The van der Waals surface area contributed by atoms with E-state index in [1.54, 1.807) is 0 Å². The smallest absolute Gasteiger partial charge is 0.0938 e. The molecule has 0 saturated heterocycles. The van der Waals surface area contributed by atoms with Crippen LogP contribution in [0.2, 0.25) is 0 Å². The van der Waals surface area contributed by atoms with E-state index in [-0.39, 0.29) is 0 Å². The summed E-state index contributed by atoms with van der Waals surface area (Å²) in [5, 5.41) is 3.45. The number of nitrogens with zero attached hydrogens (tertiary/aromatic N) is 1. The van der Waals surface area contributed by atoms with E-state index in [1.165, 1.54) is 25.7 Å². The highest BCUT2D eigenvalue weighted by atomic mass is 15.1. The van der Waals surface area contributed by atoms with Gasteiger partial charge >= 0.3 is 0 Å². The number of amidine groups is 1. The second kappa shape index (κ2) is 3.66. The first-order chi connectivity index (χ1) is 6.29. The minimum Gasteiger partial charge on any atom is -0.369 e. The molecular weight excluding hydrogens is 162 g/mol. The summed E-state index contributed by atoms with van der Waals surface area (Å²) in [7, 11) is 0. The molecule has 1 aliphatic carbocycles. The number of nitrogens with two attached hydrogens (primary N) is 1. The van der Waals surface area contributed by atoms with Crippen molar-refractivity contribution in [1.29, 1.82) is 0 Å². The third-order valence-electron chi connectivity index (χ3n) is 3.25. The molecule has 3 unspecified atom stereocenters. The molecule has 3 N–H and O–H groups in total. The lowest BCUT2D eigenvalue weighted by molar-refractivity contribution is 0.279. The van der Waals surface area contributed by atoms with E-state index in [4.69, 9.17) is 5.73 Å². The van der Waals surface area contributed by atoms with Gasteiger partial charge in [0.25, 0.3) is 0 Å². The Kier molecular flexibility index (Phi) is 2.54. The molecule has 2 rings (SSSR count). The van der Waals surface area contributed by atoms with Gasteiger partial charge in [0.05, 0.1) is 11.9 Å². The van der Waals surface area contributed by atoms with Crippen LogP contribution in [0.3, 0.4) is 0 Å². The maximum Gasteiger partial charge on any atom is 0.0938 e. The zero-order valence-electron chi connectivity index (χ0n) is 8.29. The molecule has 3 heteroatoms. The van der Waals surface area contributed by atoms with Gasteiger partial charge in [-0.2, -0.15) is 0 Å². The van der Waals surface area contributed by atoms with E-state index in [2.05, 4.69) is 17.2 Å². The average molecular weight is 181 g/mol. The monoisotopic (exact) mass is 181 g/mol. The lowest BCUT2D eigenvalue weighted by atomic mass is 9.81. The summed E-state index contributed by atoms with van der Waals surface area (Å²) in [4.78, 5) is 4.58.